The average molecular weight is 302 g/mol. The zero-order valence-corrected chi connectivity index (χ0v) is 11.1. The Kier molecular flexibility index (Phi) is 7.10. The van der Waals surface area contributed by atoms with Crippen molar-refractivity contribution in [3.63, 3.8) is 0 Å². The van der Waals surface area contributed by atoms with Gasteiger partial charge in [-0.1, -0.05) is 30.3 Å². The molecule has 2 amide bonds. The topological polar surface area (TPSA) is 87.7 Å². The van der Waals surface area contributed by atoms with Crippen LogP contribution in [0.15, 0.2) is 30.3 Å². The molecule has 1 rings (SSSR count). The molecule has 1 atom stereocenters. The molecule has 0 aliphatic rings. The van der Waals surface area contributed by atoms with E-state index in [2.05, 4.69) is 15.4 Å². The molecule has 1 aromatic rings. The number of alkyl halides is 2. The Morgan fingerprint density at radius 1 is 1.24 bits per heavy atom. The standard InChI is InChI=1S/C13H16F2N2O4/c14-10(15)8-21-7-6-16-13(20)17-11(12(18)19)9-4-2-1-3-5-9/h1-5,10-11H,6-8H2,(H,18,19)(H2,16,17,20)/t11-/m0/s1. The number of carbonyl (C=O) groups excluding carboxylic acids is 1. The van der Waals surface area contributed by atoms with Gasteiger partial charge in [0.05, 0.1) is 6.61 Å². The SMILES string of the molecule is O=C(NCCOCC(F)F)N[C@H](C(=O)O)c1ccccc1. The van der Waals surface area contributed by atoms with Gasteiger partial charge in [-0.2, -0.15) is 0 Å². The van der Waals surface area contributed by atoms with Gasteiger partial charge in [-0.3, -0.25) is 0 Å². The van der Waals surface area contributed by atoms with E-state index in [9.17, 15) is 18.4 Å². The van der Waals surface area contributed by atoms with Crippen LogP contribution in [-0.2, 0) is 9.53 Å². The van der Waals surface area contributed by atoms with Crippen molar-refractivity contribution < 1.29 is 28.2 Å². The number of urea groups is 1. The molecular weight excluding hydrogens is 286 g/mol. The molecule has 0 spiro atoms. The molecule has 0 aliphatic carbocycles. The van der Waals surface area contributed by atoms with Gasteiger partial charge < -0.3 is 20.5 Å². The summed E-state index contributed by atoms with van der Waals surface area (Å²) in [5.74, 6) is -1.20. The molecule has 0 fully saturated rings. The maximum atomic E-state index is 11.8. The molecule has 0 unspecified atom stereocenters. The van der Waals surface area contributed by atoms with Crippen LogP contribution in [0.1, 0.15) is 11.6 Å². The number of ether oxygens (including phenoxy) is 1. The van der Waals surface area contributed by atoms with Gasteiger partial charge in [0.1, 0.15) is 6.61 Å². The molecule has 0 bridgehead atoms. The van der Waals surface area contributed by atoms with Crippen molar-refractivity contribution in [2.45, 2.75) is 12.5 Å². The van der Waals surface area contributed by atoms with Gasteiger partial charge in [-0.15, -0.1) is 0 Å². The fraction of sp³-hybridized carbons (Fsp3) is 0.385. The van der Waals surface area contributed by atoms with Crippen LogP contribution in [0.2, 0.25) is 0 Å². The minimum Gasteiger partial charge on any atom is -0.479 e. The first-order chi connectivity index (χ1) is 10.0. The number of aliphatic carboxylic acids is 1. The highest BCUT2D eigenvalue weighted by molar-refractivity contribution is 5.83. The van der Waals surface area contributed by atoms with Crippen LogP contribution < -0.4 is 10.6 Å². The zero-order valence-electron chi connectivity index (χ0n) is 11.1. The first-order valence-corrected chi connectivity index (χ1v) is 6.18. The second-order valence-electron chi connectivity index (χ2n) is 4.05. The lowest BCUT2D eigenvalue weighted by molar-refractivity contribution is -0.139. The van der Waals surface area contributed by atoms with Crippen molar-refractivity contribution in [1.29, 1.82) is 0 Å². The van der Waals surface area contributed by atoms with E-state index in [0.717, 1.165) is 0 Å². The van der Waals surface area contributed by atoms with Gasteiger partial charge in [-0.25, -0.2) is 18.4 Å². The van der Waals surface area contributed by atoms with Gasteiger partial charge in [-0.05, 0) is 5.56 Å². The molecule has 6 nitrogen and oxygen atoms in total. The number of halogens is 2. The highest BCUT2D eigenvalue weighted by Crippen LogP contribution is 2.12. The van der Waals surface area contributed by atoms with Crippen LogP contribution in [0.25, 0.3) is 0 Å². The molecule has 21 heavy (non-hydrogen) atoms. The first kappa shape index (κ1) is 16.8. The fourth-order valence-corrected chi connectivity index (χ4v) is 1.52. The van der Waals surface area contributed by atoms with Gasteiger partial charge in [0.2, 0.25) is 0 Å². The number of rotatable bonds is 8. The summed E-state index contributed by atoms with van der Waals surface area (Å²) in [5.41, 5.74) is 0.425. The van der Waals surface area contributed by atoms with Crippen molar-refractivity contribution in [3.8, 4) is 0 Å². The summed E-state index contributed by atoms with van der Waals surface area (Å²) in [6, 6.07) is 6.28. The van der Waals surface area contributed by atoms with Gasteiger partial charge in [0.15, 0.2) is 6.04 Å². The van der Waals surface area contributed by atoms with Crippen molar-refractivity contribution in [2.24, 2.45) is 0 Å². The summed E-state index contributed by atoms with van der Waals surface area (Å²) >= 11 is 0. The lowest BCUT2D eigenvalue weighted by Crippen LogP contribution is -2.42. The Labute approximate surface area is 120 Å². The number of carboxylic acids is 1. The molecule has 0 saturated heterocycles. The maximum Gasteiger partial charge on any atom is 0.330 e. The molecule has 0 saturated carbocycles. The van der Waals surface area contributed by atoms with Crippen molar-refractivity contribution in [1.82, 2.24) is 10.6 Å². The van der Waals surface area contributed by atoms with Crippen molar-refractivity contribution >= 4 is 12.0 Å². The zero-order chi connectivity index (χ0) is 15.7. The van der Waals surface area contributed by atoms with Crippen LogP contribution in [0.3, 0.4) is 0 Å². The number of nitrogens with one attached hydrogen (secondary N) is 2. The van der Waals surface area contributed by atoms with E-state index >= 15 is 0 Å². The summed E-state index contributed by atoms with van der Waals surface area (Å²) in [6.07, 6.45) is -2.56. The summed E-state index contributed by atoms with van der Waals surface area (Å²) in [7, 11) is 0. The predicted octanol–water partition coefficient (Wildman–Crippen LogP) is 1.39. The van der Waals surface area contributed by atoms with Crippen molar-refractivity contribution in [2.75, 3.05) is 19.8 Å². The van der Waals surface area contributed by atoms with Crippen LogP contribution in [0.5, 0.6) is 0 Å². The number of hydrogen-bond acceptors (Lipinski definition) is 3. The lowest BCUT2D eigenvalue weighted by Gasteiger charge is -2.15. The highest BCUT2D eigenvalue weighted by atomic mass is 19.3. The molecular formula is C13H16F2N2O4. The third-order valence-electron chi connectivity index (χ3n) is 2.43. The van der Waals surface area contributed by atoms with E-state index in [-0.39, 0.29) is 13.2 Å². The summed E-state index contributed by atoms with van der Waals surface area (Å²) in [5, 5.41) is 13.7. The van der Waals surface area contributed by atoms with Crippen LogP contribution >= 0.6 is 0 Å². The number of carbonyl (C=O) groups is 2. The molecule has 0 aromatic heterocycles. The van der Waals surface area contributed by atoms with E-state index in [0.29, 0.717) is 5.56 Å². The Hall–Kier alpha value is -2.22. The third kappa shape index (κ3) is 6.66. The van der Waals surface area contributed by atoms with E-state index in [1.54, 1.807) is 30.3 Å². The molecule has 3 N–H and O–H groups in total. The van der Waals surface area contributed by atoms with Gasteiger partial charge >= 0.3 is 12.0 Å². The second-order valence-corrected chi connectivity index (χ2v) is 4.05. The van der Waals surface area contributed by atoms with Crippen LogP contribution in [-0.4, -0.2) is 43.3 Å². The summed E-state index contributed by atoms with van der Waals surface area (Å²) < 4.78 is 28.1. The highest BCUT2D eigenvalue weighted by Gasteiger charge is 2.21. The van der Waals surface area contributed by atoms with Crippen LogP contribution in [0.4, 0.5) is 13.6 Å². The number of benzene rings is 1. The van der Waals surface area contributed by atoms with E-state index in [4.69, 9.17) is 5.11 Å². The maximum absolute atomic E-state index is 11.8. The average Bonchev–Trinajstić information content (AvgIpc) is 2.44. The van der Waals surface area contributed by atoms with E-state index in [1.807, 2.05) is 0 Å². The molecule has 0 aliphatic heterocycles. The summed E-state index contributed by atoms with van der Waals surface area (Å²) in [6.45, 7) is -0.786. The molecule has 0 radical (unpaired) electrons. The summed E-state index contributed by atoms with van der Waals surface area (Å²) in [4.78, 5) is 22.7. The molecule has 0 heterocycles. The predicted molar refractivity (Wildman–Crippen MR) is 70.2 cm³/mol. The number of carboxylic acid groups (broad SMARTS) is 1. The fourth-order valence-electron chi connectivity index (χ4n) is 1.52. The second kappa shape index (κ2) is 8.85. The Balaban J connectivity index is 2.39. The Morgan fingerprint density at radius 3 is 2.48 bits per heavy atom. The normalized spacial score (nSPS) is 12.0. The number of hydrogen-bond donors (Lipinski definition) is 3. The van der Waals surface area contributed by atoms with Gasteiger partial charge in [0.25, 0.3) is 6.43 Å². The van der Waals surface area contributed by atoms with Crippen LogP contribution in [0, 0.1) is 0 Å². The Bertz CT molecular complexity index is 457. The first-order valence-electron chi connectivity index (χ1n) is 6.18. The smallest absolute Gasteiger partial charge is 0.330 e. The molecule has 116 valence electrons. The quantitative estimate of drug-likeness (QED) is 0.633. The number of amides is 2. The van der Waals surface area contributed by atoms with Crippen molar-refractivity contribution in [3.05, 3.63) is 35.9 Å². The Morgan fingerprint density at radius 2 is 1.90 bits per heavy atom. The van der Waals surface area contributed by atoms with E-state index in [1.165, 1.54) is 0 Å². The minimum absolute atomic E-state index is 0.000315. The molecule has 1 aromatic carbocycles. The molecule has 8 heteroatoms. The largest absolute Gasteiger partial charge is 0.479 e. The monoisotopic (exact) mass is 302 g/mol. The van der Waals surface area contributed by atoms with E-state index < -0.39 is 31.1 Å². The minimum atomic E-state index is -2.56. The lowest BCUT2D eigenvalue weighted by atomic mass is 10.1. The van der Waals surface area contributed by atoms with Gasteiger partial charge in [0, 0.05) is 6.54 Å². The third-order valence-corrected chi connectivity index (χ3v) is 2.43.